The summed E-state index contributed by atoms with van der Waals surface area (Å²) in [6, 6.07) is 1.97. The molecule has 0 N–H and O–H groups in total. The molecule has 0 amide bonds. The fourth-order valence-electron chi connectivity index (χ4n) is 2.77. The molecule has 5 nitrogen and oxygen atoms in total. The Morgan fingerprint density at radius 2 is 2.26 bits per heavy atom. The van der Waals surface area contributed by atoms with Gasteiger partial charge in [-0.05, 0) is 32.3 Å². The van der Waals surface area contributed by atoms with Crippen molar-refractivity contribution in [1.82, 2.24) is 0 Å². The number of carbonyl (C=O) groups excluding carboxylic acids is 1. The standard InChI is InChI=1S/C14H19NO4/c1-3-17-12-7-9-5-6-10(13(12)19-9)11(8-15)14(16)18-4-2/h9,12-13H,3-7H2,1-2H3/b11-10-/t9-,12-,13+/m0/s1. The highest BCUT2D eigenvalue weighted by Gasteiger charge is 2.43. The van der Waals surface area contributed by atoms with E-state index >= 15 is 0 Å². The maximum absolute atomic E-state index is 11.8. The Morgan fingerprint density at radius 1 is 1.47 bits per heavy atom. The lowest BCUT2D eigenvalue weighted by Gasteiger charge is -2.26. The topological polar surface area (TPSA) is 68.6 Å². The molecule has 104 valence electrons. The van der Waals surface area contributed by atoms with Crippen LogP contribution in [0.25, 0.3) is 0 Å². The molecule has 19 heavy (non-hydrogen) atoms. The van der Waals surface area contributed by atoms with Crippen LogP contribution in [0.15, 0.2) is 11.1 Å². The van der Waals surface area contributed by atoms with Gasteiger partial charge in [0.1, 0.15) is 17.7 Å². The molecule has 5 heteroatoms. The van der Waals surface area contributed by atoms with Crippen LogP contribution in [0.1, 0.15) is 33.1 Å². The van der Waals surface area contributed by atoms with E-state index in [1.165, 1.54) is 0 Å². The quantitative estimate of drug-likeness (QED) is 0.440. The van der Waals surface area contributed by atoms with Crippen molar-refractivity contribution in [3.63, 3.8) is 0 Å². The van der Waals surface area contributed by atoms with Gasteiger partial charge in [-0.1, -0.05) is 0 Å². The Kier molecular flexibility index (Phi) is 4.56. The molecule has 2 heterocycles. The van der Waals surface area contributed by atoms with Crippen molar-refractivity contribution in [2.24, 2.45) is 0 Å². The number of nitriles is 1. The van der Waals surface area contributed by atoms with Gasteiger partial charge in [0.05, 0.1) is 18.8 Å². The molecule has 2 saturated heterocycles. The normalized spacial score (nSPS) is 31.7. The van der Waals surface area contributed by atoms with E-state index in [-0.39, 0.29) is 30.5 Å². The summed E-state index contributed by atoms with van der Waals surface area (Å²) in [5.74, 6) is -0.552. The minimum absolute atomic E-state index is 0.0507. The zero-order chi connectivity index (χ0) is 13.8. The maximum atomic E-state index is 11.8. The molecule has 2 rings (SSSR count). The van der Waals surface area contributed by atoms with E-state index in [4.69, 9.17) is 14.2 Å². The molecule has 0 aromatic carbocycles. The van der Waals surface area contributed by atoms with Crippen molar-refractivity contribution in [1.29, 1.82) is 5.26 Å². The van der Waals surface area contributed by atoms with Crippen molar-refractivity contribution in [3.05, 3.63) is 11.1 Å². The lowest BCUT2D eigenvalue weighted by molar-refractivity contribution is -0.138. The largest absolute Gasteiger partial charge is 0.462 e. The van der Waals surface area contributed by atoms with Crippen molar-refractivity contribution >= 4 is 5.97 Å². The number of ether oxygens (including phenoxy) is 3. The van der Waals surface area contributed by atoms with Crippen molar-refractivity contribution < 1.29 is 19.0 Å². The average Bonchev–Trinajstić information content (AvgIpc) is 2.71. The number of esters is 1. The summed E-state index contributed by atoms with van der Waals surface area (Å²) in [7, 11) is 0. The second-order valence-electron chi connectivity index (χ2n) is 4.68. The maximum Gasteiger partial charge on any atom is 0.348 e. The molecule has 0 saturated carbocycles. The highest BCUT2D eigenvalue weighted by atomic mass is 16.6. The smallest absolute Gasteiger partial charge is 0.348 e. The Balaban J connectivity index is 2.26. The van der Waals surface area contributed by atoms with Gasteiger partial charge >= 0.3 is 5.97 Å². The lowest BCUT2D eigenvalue weighted by Crippen LogP contribution is -2.30. The molecule has 0 aromatic rings. The Hall–Kier alpha value is -1.38. The Morgan fingerprint density at radius 3 is 2.89 bits per heavy atom. The number of fused-ring (bicyclic) bond motifs is 2. The summed E-state index contributed by atoms with van der Waals surface area (Å²) >= 11 is 0. The van der Waals surface area contributed by atoms with E-state index in [9.17, 15) is 10.1 Å². The van der Waals surface area contributed by atoms with E-state index in [2.05, 4.69) is 0 Å². The molecule has 2 aliphatic rings. The molecule has 2 bridgehead atoms. The van der Waals surface area contributed by atoms with E-state index in [0.717, 1.165) is 18.4 Å². The zero-order valence-electron chi connectivity index (χ0n) is 11.3. The van der Waals surface area contributed by atoms with Crippen LogP contribution in [0.3, 0.4) is 0 Å². The molecule has 0 aromatic heterocycles. The second-order valence-corrected chi connectivity index (χ2v) is 4.68. The van der Waals surface area contributed by atoms with Gasteiger partial charge in [-0.25, -0.2) is 4.79 Å². The summed E-state index contributed by atoms with van der Waals surface area (Å²) in [4.78, 5) is 11.8. The zero-order valence-corrected chi connectivity index (χ0v) is 11.3. The predicted molar refractivity (Wildman–Crippen MR) is 67.2 cm³/mol. The number of hydrogen-bond acceptors (Lipinski definition) is 5. The summed E-state index contributed by atoms with van der Waals surface area (Å²) in [6.07, 6.45) is 2.25. The highest BCUT2D eigenvalue weighted by molar-refractivity contribution is 5.94. The average molecular weight is 265 g/mol. The Labute approximate surface area is 113 Å². The first-order valence-corrected chi connectivity index (χ1v) is 6.78. The van der Waals surface area contributed by atoms with Crippen LogP contribution in [-0.2, 0) is 19.0 Å². The third kappa shape index (κ3) is 2.80. The van der Waals surface area contributed by atoms with Crippen molar-refractivity contribution in [3.8, 4) is 6.07 Å². The third-order valence-corrected chi connectivity index (χ3v) is 3.54. The summed E-state index contributed by atoms with van der Waals surface area (Å²) in [5.41, 5.74) is 0.838. The first kappa shape index (κ1) is 14.0. The summed E-state index contributed by atoms with van der Waals surface area (Å²) < 4.78 is 16.4. The molecule has 2 aliphatic heterocycles. The third-order valence-electron chi connectivity index (χ3n) is 3.54. The minimum Gasteiger partial charge on any atom is -0.462 e. The summed E-state index contributed by atoms with van der Waals surface area (Å²) in [6.45, 7) is 4.53. The van der Waals surface area contributed by atoms with Crippen LogP contribution in [0.4, 0.5) is 0 Å². The molecule has 2 fully saturated rings. The van der Waals surface area contributed by atoms with E-state index in [1.54, 1.807) is 6.92 Å². The van der Waals surface area contributed by atoms with Crippen molar-refractivity contribution in [2.45, 2.75) is 51.4 Å². The second kappa shape index (κ2) is 6.18. The number of carbonyl (C=O) groups is 1. The fraction of sp³-hybridized carbons (Fsp3) is 0.714. The molecule has 0 radical (unpaired) electrons. The van der Waals surface area contributed by atoms with E-state index in [0.29, 0.717) is 13.0 Å². The van der Waals surface area contributed by atoms with Gasteiger partial charge in [0.15, 0.2) is 0 Å². The lowest BCUT2D eigenvalue weighted by atomic mass is 9.96. The Bertz CT molecular complexity index is 424. The van der Waals surface area contributed by atoms with E-state index < -0.39 is 5.97 Å². The van der Waals surface area contributed by atoms with Crippen LogP contribution in [0, 0.1) is 11.3 Å². The molecule has 0 spiro atoms. The minimum atomic E-state index is -0.552. The van der Waals surface area contributed by atoms with Crippen LogP contribution in [0.5, 0.6) is 0 Å². The predicted octanol–water partition coefficient (Wildman–Crippen LogP) is 1.73. The first-order valence-electron chi connectivity index (χ1n) is 6.78. The van der Waals surface area contributed by atoms with E-state index in [1.807, 2.05) is 13.0 Å². The van der Waals surface area contributed by atoms with Gasteiger partial charge < -0.3 is 14.2 Å². The number of hydrogen-bond donors (Lipinski definition) is 0. The SMILES string of the molecule is CCOC(=O)/C(C#N)=C1/CC[C@H]2C[C@H](OCC)[C@@H]1O2. The highest BCUT2D eigenvalue weighted by Crippen LogP contribution is 2.39. The molecule has 3 atom stereocenters. The van der Waals surface area contributed by atoms with Gasteiger partial charge in [-0.3, -0.25) is 0 Å². The van der Waals surface area contributed by atoms with Gasteiger partial charge in [0, 0.05) is 13.0 Å². The van der Waals surface area contributed by atoms with Gasteiger partial charge in [-0.2, -0.15) is 5.26 Å². The molecular formula is C14H19NO4. The molecule has 0 unspecified atom stereocenters. The van der Waals surface area contributed by atoms with Gasteiger partial charge in [0.2, 0.25) is 0 Å². The molecular weight excluding hydrogens is 246 g/mol. The number of rotatable bonds is 4. The van der Waals surface area contributed by atoms with Crippen LogP contribution in [0.2, 0.25) is 0 Å². The summed E-state index contributed by atoms with van der Waals surface area (Å²) in [5, 5.41) is 9.21. The first-order chi connectivity index (χ1) is 9.21. The van der Waals surface area contributed by atoms with Gasteiger partial charge in [0.25, 0.3) is 0 Å². The van der Waals surface area contributed by atoms with Crippen LogP contribution < -0.4 is 0 Å². The van der Waals surface area contributed by atoms with Crippen LogP contribution >= 0.6 is 0 Å². The van der Waals surface area contributed by atoms with Crippen molar-refractivity contribution in [2.75, 3.05) is 13.2 Å². The monoisotopic (exact) mass is 265 g/mol. The van der Waals surface area contributed by atoms with Gasteiger partial charge in [-0.15, -0.1) is 0 Å². The fourth-order valence-corrected chi connectivity index (χ4v) is 2.77. The number of nitrogens with zero attached hydrogens (tertiary/aromatic N) is 1. The van der Waals surface area contributed by atoms with Crippen LogP contribution in [-0.4, -0.2) is 37.5 Å². The molecule has 0 aliphatic carbocycles.